The highest BCUT2D eigenvalue weighted by atomic mass is 16.4. The third-order valence-corrected chi connectivity index (χ3v) is 2.22. The van der Waals surface area contributed by atoms with Crippen molar-refractivity contribution in [3.05, 3.63) is 17.3 Å². The molecule has 1 rings (SSSR count). The van der Waals surface area contributed by atoms with Crippen LogP contribution in [0.15, 0.2) is 4.42 Å². The molecule has 0 aliphatic rings. The molecule has 74 valence electrons. The summed E-state index contributed by atoms with van der Waals surface area (Å²) in [5, 5.41) is 0. The maximum atomic E-state index is 5.65. The van der Waals surface area contributed by atoms with Gasteiger partial charge < -0.3 is 4.42 Å². The van der Waals surface area contributed by atoms with Gasteiger partial charge in [-0.25, -0.2) is 4.98 Å². The Bertz CT molecular complexity index is 253. The number of aryl methyl sites for hydroxylation is 3. The van der Waals surface area contributed by atoms with Crippen LogP contribution in [0.2, 0.25) is 0 Å². The van der Waals surface area contributed by atoms with Crippen LogP contribution in [-0.2, 0) is 19.3 Å². The van der Waals surface area contributed by atoms with Gasteiger partial charge in [0.1, 0.15) is 5.76 Å². The Morgan fingerprint density at radius 1 is 1.15 bits per heavy atom. The number of hydrogen-bond acceptors (Lipinski definition) is 2. The predicted molar refractivity (Wildman–Crippen MR) is 53.9 cm³/mol. The average Bonchev–Trinajstić information content (AvgIpc) is 2.57. The van der Waals surface area contributed by atoms with Crippen LogP contribution in [0.5, 0.6) is 0 Å². The minimum absolute atomic E-state index is 0.892. The molecule has 0 bridgehead atoms. The number of aromatic nitrogens is 1. The molecule has 0 unspecified atom stereocenters. The largest absolute Gasteiger partial charge is 0.445 e. The van der Waals surface area contributed by atoms with Crippen LogP contribution in [0.3, 0.4) is 0 Å². The van der Waals surface area contributed by atoms with E-state index in [0.717, 1.165) is 36.6 Å². The van der Waals surface area contributed by atoms with Gasteiger partial charge in [-0.05, 0) is 12.8 Å². The lowest BCUT2D eigenvalue weighted by Gasteiger charge is -1.95. The molecule has 0 aliphatic carbocycles. The van der Waals surface area contributed by atoms with Crippen molar-refractivity contribution in [1.82, 2.24) is 4.98 Å². The lowest BCUT2D eigenvalue weighted by molar-refractivity contribution is 0.452. The van der Waals surface area contributed by atoms with Crippen molar-refractivity contribution in [3.63, 3.8) is 0 Å². The third kappa shape index (κ3) is 2.58. The maximum absolute atomic E-state index is 5.65. The van der Waals surface area contributed by atoms with E-state index in [1.165, 1.54) is 12.8 Å². The average molecular weight is 181 g/mol. The Labute approximate surface area is 80.4 Å². The molecule has 0 spiro atoms. The van der Waals surface area contributed by atoms with Gasteiger partial charge in [0.15, 0.2) is 5.89 Å². The van der Waals surface area contributed by atoms with Gasteiger partial charge >= 0.3 is 0 Å². The van der Waals surface area contributed by atoms with E-state index >= 15 is 0 Å². The first-order valence-corrected chi connectivity index (χ1v) is 5.29. The van der Waals surface area contributed by atoms with Crippen molar-refractivity contribution in [2.75, 3.05) is 0 Å². The molecular weight excluding hydrogens is 162 g/mol. The Morgan fingerprint density at radius 2 is 1.92 bits per heavy atom. The van der Waals surface area contributed by atoms with Crippen molar-refractivity contribution in [3.8, 4) is 0 Å². The zero-order chi connectivity index (χ0) is 9.68. The number of unbranched alkanes of at least 4 members (excludes halogenated alkanes) is 1. The monoisotopic (exact) mass is 181 g/mol. The Morgan fingerprint density at radius 3 is 2.46 bits per heavy atom. The maximum Gasteiger partial charge on any atom is 0.194 e. The van der Waals surface area contributed by atoms with Crippen LogP contribution < -0.4 is 0 Å². The van der Waals surface area contributed by atoms with Gasteiger partial charge in [0, 0.05) is 12.8 Å². The predicted octanol–water partition coefficient (Wildman–Crippen LogP) is 3.14. The molecule has 0 saturated carbocycles. The van der Waals surface area contributed by atoms with E-state index in [4.69, 9.17) is 4.42 Å². The number of nitrogens with zero attached hydrogens (tertiary/aromatic N) is 1. The fourth-order valence-corrected chi connectivity index (χ4v) is 1.40. The van der Waals surface area contributed by atoms with E-state index in [1.54, 1.807) is 0 Å². The second-order valence-electron chi connectivity index (χ2n) is 3.29. The van der Waals surface area contributed by atoms with Crippen LogP contribution in [-0.4, -0.2) is 4.98 Å². The third-order valence-electron chi connectivity index (χ3n) is 2.22. The van der Waals surface area contributed by atoms with E-state index in [1.807, 2.05) is 0 Å². The van der Waals surface area contributed by atoms with Crippen molar-refractivity contribution >= 4 is 0 Å². The summed E-state index contributed by atoms with van der Waals surface area (Å²) in [6.07, 6.45) is 5.35. The van der Waals surface area contributed by atoms with Crippen molar-refractivity contribution < 1.29 is 4.42 Å². The molecular formula is C11H19NO. The van der Waals surface area contributed by atoms with E-state index in [0.29, 0.717) is 0 Å². The van der Waals surface area contributed by atoms with Crippen LogP contribution in [0, 0.1) is 0 Å². The lowest BCUT2D eigenvalue weighted by atomic mass is 10.1. The highest BCUT2D eigenvalue weighted by Gasteiger charge is 2.09. The lowest BCUT2D eigenvalue weighted by Crippen LogP contribution is -1.89. The molecule has 1 heterocycles. The second kappa shape index (κ2) is 5.05. The Kier molecular flexibility index (Phi) is 4.00. The summed E-state index contributed by atoms with van der Waals surface area (Å²) in [5.41, 5.74) is 1.16. The number of rotatable bonds is 5. The summed E-state index contributed by atoms with van der Waals surface area (Å²) in [6, 6.07) is 0. The molecule has 2 nitrogen and oxygen atoms in total. The van der Waals surface area contributed by atoms with E-state index in [-0.39, 0.29) is 0 Å². The van der Waals surface area contributed by atoms with E-state index < -0.39 is 0 Å². The molecule has 0 amide bonds. The first-order valence-electron chi connectivity index (χ1n) is 5.29. The Balaban J connectivity index is 2.71. The SMILES string of the molecule is CCCCc1oc(CC)nc1CC. The van der Waals surface area contributed by atoms with Gasteiger partial charge in [0.25, 0.3) is 0 Å². The molecule has 0 atom stereocenters. The molecule has 13 heavy (non-hydrogen) atoms. The zero-order valence-corrected chi connectivity index (χ0v) is 8.89. The molecule has 0 N–H and O–H groups in total. The molecule has 2 heteroatoms. The van der Waals surface area contributed by atoms with Crippen molar-refractivity contribution in [2.45, 2.75) is 52.9 Å². The quantitative estimate of drug-likeness (QED) is 0.697. The first-order chi connectivity index (χ1) is 6.31. The summed E-state index contributed by atoms with van der Waals surface area (Å²) < 4.78 is 5.65. The first kappa shape index (κ1) is 10.3. The van der Waals surface area contributed by atoms with Gasteiger partial charge in [0.2, 0.25) is 0 Å². The van der Waals surface area contributed by atoms with Gasteiger partial charge in [-0.15, -0.1) is 0 Å². The van der Waals surface area contributed by atoms with Crippen molar-refractivity contribution in [1.29, 1.82) is 0 Å². The molecule has 1 aromatic heterocycles. The van der Waals surface area contributed by atoms with Gasteiger partial charge in [-0.3, -0.25) is 0 Å². The topological polar surface area (TPSA) is 26.0 Å². The summed E-state index contributed by atoms with van der Waals surface area (Å²) in [4.78, 5) is 4.43. The second-order valence-corrected chi connectivity index (χ2v) is 3.29. The van der Waals surface area contributed by atoms with Crippen LogP contribution in [0.1, 0.15) is 51.0 Å². The smallest absolute Gasteiger partial charge is 0.194 e. The fraction of sp³-hybridized carbons (Fsp3) is 0.727. The fourth-order valence-electron chi connectivity index (χ4n) is 1.40. The van der Waals surface area contributed by atoms with Crippen LogP contribution >= 0.6 is 0 Å². The Hall–Kier alpha value is -0.790. The molecule has 0 aromatic carbocycles. The molecule has 1 aromatic rings. The molecule has 0 saturated heterocycles. The molecule has 0 radical (unpaired) electrons. The normalized spacial score (nSPS) is 10.7. The summed E-state index contributed by atoms with van der Waals surface area (Å²) in [7, 11) is 0. The van der Waals surface area contributed by atoms with Crippen molar-refractivity contribution in [2.24, 2.45) is 0 Å². The minimum atomic E-state index is 0.892. The van der Waals surface area contributed by atoms with Gasteiger partial charge in [-0.2, -0.15) is 0 Å². The van der Waals surface area contributed by atoms with Gasteiger partial charge in [0.05, 0.1) is 5.69 Å². The molecule has 0 aliphatic heterocycles. The van der Waals surface area contributed by atoms with E-state index in [9.17, 15) is 0 Å². The number of hydrogen-bond donors (Lipinski definition) is 0. The summed E-state index contributed by atoms with van der Waals surface area (Å²) >= 11 is 0. The van der Waals surface area contributed by atoms with Crippen LogP contribution in [0.25, 0.3) is 0 Å². The molecule has 0 fully saturated rings. The van der Waals surface area contributed by atoms with E-state index in [2.05, 4.69) is 25.8 Å². The highest BCUT2D eigenvalue weighted by molar-refractivity contribution is 5.10. The standard InChI is InChI=1S/C11H19NO/c1-4-7-8-10-9(5-2)12-11(6-3)13-10/h4-8H2,1-3H3. The summed E-state index contributed by atoms with van der Waals surface area (Å²) in [6.45, 7) is 6.41. The minimum Gasteiger partial charge on any atom is -0.445 e. The van der Waals surface area contributed by atoms with Crippen LogP contribution in [0.4, 0.5) is 0 Å². The zero-order valence-electron chi connectivity index (χ0n) is 8.89. The van der Waals surface area contributed by atoms with Gasteiger partial charge in [-0.1, -0.05) is 27.2 Å². The highest BCUT2D eigenvalue weighted by Crippen LogP contribution is 2.15. The number of oxazole rings is 1. The summed E-state index contributed by atoms with van der Waals surface area (Å²) in [5.74, 6) is 2.00.